The van der Waals surface area contributed by atoms with Crippen molar-refractivity contribution in [3.63, 3.8) is 0 Å². The van der Waals surface area contributed by atoms with E-state index in [-0.39, 0.29) is 17.9 Å². The molecule has 0 aliphatic heterocycles. The fourth-order valence-corrected chi connectivity index (χ4v) is 1.66. The number of Topliss-reactive ketones (excluding diaryl/α,β-unsaturated/α-hetero) is 1. The average Bonchev–Trinajstić information content (AvgIpc) is 2.38. The monoisotopic (exact) mass is 245 g/mol. The second kappa shape index (κ2) is 4.87. The van der Waals surface area contributed by atoms with E-state index < -0.39 is 4.92 Å². The van der Waals surface area contributed by atoms with Crippen molar-refractivity contribution in [1.29, 1.82) is 0 Å². The van der Waals surface area contributed by atoms with E-state index in [0.29, 0.717) is 23.0 Å². The number of aromatic nitrogens is 2. The van der Waals surface area contributed by atoms with Crippen molar-refractivity contribution in [2.45, 2.75) is 19.8 Å². The van der Waals surface area contributed by atoms with Gasteiger partial charge in [0, 0.05) is 30.4 Å². The van der Waals surface area contributed by atoms with Crippen LogP contribution in [0.3, 0.4) is 0 Å². The SMILES string of the molecule is CCC(=O)Cc1ncnc2ccc([N+](=O)[O-])cc12. The molecule has 6 heteroatoms. The van der Waals surface area contributed by atoms with Crippen molar-refractivity contribution in [2.75, 3.05) is 0 Å². The Labute approximate surface area is 103 Å². The molecule has 0 saturated carbocycles. The van der Waals surface area contributed by atoms with Crippen molar-refractivity contribution >= 4 is 22.4 Å². The maximum Gasteiger partial charge on any atom is 0.270 e. The Bertz CT molecular complexity index is 625. The quantitative estimate of drug-likeness (QED) is 0.607. The number of nitrogens with zero attached hydrogens (tertiary/aromatic N) is 3. The van der Waals surface area contributed by atoms with E-state index in [1.165, 1.54) is 18.5 Å². The second-order valence-corrected chi connectivity index (χ2v) is 3.85. The van der Waals surface area contributed by atoms with Crippen LogP contribution in [0.5, 0.6) is 0 Å². The number of non-ortho nitro benzene ring substituents is 1. The number of carbonyl (C=O) groups is 1. The minimum Gasteiger partial charge on any atom is -0.299 e. The zero-order valence-corrected chi connectivity index (χ0v) is 9.79. The smallest absolute Gasteiger partial charge is 0.270 e. The van der Waals surface area contributed by atoms with Gasteiger partial charge in [0.1, 0.15) is 12.1 Å². The van der Waals surface area contributed by atoms with Crippen molar-refractivity contribution in [3.05, 3.63) is 40.3 Å². The Morgan fingerprint density at radius 3 is 2.83 bits per heavy atom. The van der Waals surface area contributed by atoms with Crippen molar-refractivity contribution in [2.24, 2.45) is 0 Å². The van der Waals surface area contributed by atoms with Gasteiger partial charge in [-0.3, -0.25) is 14.9 Å². The third kappa shape index (κ3) is 2.32. The van der Waals surface area contributed by atoms with E-state index in [9.17, 15) is 14.9 Å². The molecule has 0 radical (unpaired) electrons. The van der Waals surface area contributed by atoms with Gasteiger partial charge in [0.15, 0.2) is 0 Å². The van der Waals surface area contributed by atoms with Gasteiger partial charge in [-0.25, -0.2) is 9.97 Å². The van der Waals surface area contributed by atoms with Crippen molar-refractivity contribution in [1.82, 2.24) is 9.97 Å². The molecule has 6 nitrogen and oxygen atoms in total. The van der Waals surface area contributed by atoms with Gasteiger partial charge in [-0.2, -0.15) is 0 Å². The van der Waals surface area contributed by atoms with Crippen molar-refractivity contribution in [3.8, 4) is 0 Å². The van der Waals surface area contributed by atoms with Gasteiger partial charge >= 0.3 is 0 Å². The fraction of sp³-hybridized carbons (Fsp3) is 0.250. The summed E-state index contributed by atoms with van der Waals surface area (Å²) < 4.78 is 0. The summed E-state index contributed by atoms with van der Waals surface area (Å²) in [6.45, 7) is 1.77. The molecule has 0 aliphatic rings. The standard InChI is InChI=1S/C12H11N3O3/c1-2-9(16)6-12-10-5-8(15(17)18)3-4-11(10)13-7-14-12/h3-5,7H,2,6H2,1H3. The fourth-order valence-electron chi connectivity index (χ4n) is 1.66. The normalized spacial score (nSPS) is 10.5. The molecule has 2 rings (SSSR count). The molecule has 0 spiro atoms. The van der Waals surface area contributed by atoms with Crippen LogP contribution in [-0.2, 0) is 11.2 Å². The molecule has 0 atom stereocenters. The Morgan fingerprint density at radius 1 is 1.39 bits per heavy atom. The molecule has 0 fully saturated rings. The number of benzene rings is 1. The van der Waals surface area contributed by atoms with Gasteiger partial charge in [0.2, 0.25) is 0 Å². The second-order valence-electron chi connectivity index (χ2n) is 3.85. The number of nitro groups is 1. The molecule has 1 aromatic carbocycles. The molecule has 0 bridgehead atoms. The van der Waals surface area contributed by atoms with E-state index in [1.54, 1.807) is 13.0 Å². The summed E-state index contributed by atoms with van der Waals surface area (Å²) >= 11 is 0. The van der Waals surface area contributed by atoms with Crippen LogP contribution in [0, 0.1) is 10.1 Å². The summed E-state index contributed by atoms with van der Waals surface area (Å²) in [5, 5.41) is 11.3. The number of hydrogen-bond acceptors (Lipinski definition) is 5. The number of rotatable bonds is 4. The first-order chi connectivity index (χ1) is 8.61. The van der Waals surface area contributed by atoms with Gasteiger partial charge < -0.3 is 0 Å². The molecule has 0 unspecified atom stereocenters. The first-order valence-corrected chi connectivity index (χ1v) is 5.51. The highest BCUT2D eigenvalue weighted by molar-refractivity contribution is 5.88. The van der Waals surface area contributed by atoms with Gasteiger partial charge in [-0.05, 0) is 6.07 Å². The molecule has 0 N–H and O–H groups in total. The zero-order valence-electron chi connectivity index (χ0n) is 9.79. The number of ketones is 1. The molecule has 1 heterocycles. The zero-order chi connectivity index (χ0) is 13.1. The first kappa shape index (κ1) is 12.1. The Kier molecular flexibility index (Phi) is 3.27. The summed E-state index contributed by atoms with van der Waals surface area (Å²) in [5.74, 6) is 0.0431. The van der Waals surface area contributed by atoms with Crippen LogP contribution in [0.25, 0.3) is 10.9 Å². The van der Waals surface area contributed by atoms with Gasteiger partial charge in [0.05, 0.1) is 16.1 Å². The van der Waals surface area contributed by atoms with E-state index in [2.05, 4.69) is 9.97 Å². The molecule has 1 aromatic heterocycles. The lowest BCUT2D eigenvalue weighted by Crippen LogP contribution is -2.04. The van der Waals surface area contributed by atoms with Crippen LogP contribution < -0.4 is 0 Å². The highest BCUT2D eigenvalue weighted by atomic mass is 16.6. The molecule has 2 aromatic rings. The van der Waals surface area contributed by atoms with Gasteiger partial charge in [-0.15, -0.1) is 0 Å². The van der Waals surface area contributed by atoms with Crippen LogP contribution in [0.15, 0.2) is 24.5 Å². The van der Waals surface area contributed by atoms with E-state index in [1.807, 2.05) is 0 Å². The Morgan fingerprint density at radius 2 is 2.17 bits per heavy atom. The molecule has 0 amide bonds. The summed E-state index contributed by atoms with van der Waals surface area (Å²) in [6, 6.07) is 4.36. The number of hydrogen-bond donors (Lipinski definition) is 0. The van der Waals surface area contributed by atoms with Crippen LogP contribution in [0.4, 0.5) is 5.69 Å². The predicted molar refractivity (Wildman–Crippen MR) is 65.2 cm³/mol. The molecular weight excluding hydrogens is 234 g/mol. The van der Waals surface area contributed by atoms with Gasteiger partial charge in [0.25, 0.3) is 5.69 Å². The lowest BCUT2D eigenvalue weighted by molar-refractivity contribution is -0.384. The largest absolute Gasteiger partial charge is 0.299 e. The third-order valence-corrected chi connectivity index (χ3v) is 2.67. The van der Waals surface area contributed by atoms with E-state index in [0.717, 1.165) is 0 Å². The Hall–Kier alpha value is -2.37. The first-order valence-electron chi connectivity index (χ1n) is 5.51. The van der Waals surface area contributed by atoms with Crippen LogP contribution in [-0.4, -0.2) is 20.7 Å². The number of carbonyl (C=O) groups excluding carboxylic acids is 1. The molecular formula is C12H11N3O3. The lowest BCUT2D eigenvalue weighted by atomic mass is 10.1. The van der Waals surface area contributed by atoms with E-state index in [4.69, 9.17) is 0 Å². The summed E-state index contributed by atoms with van der Waals surface area (Å²) in [7, 11) is 0. The Balaban J connectivity index is 2.55. The minimum atomic E-state index is -0.474. The number of nitro benzene ring substituents is 1. The third-order valence-electron chi connectivity index (χ3n) is 2.67. The average molecular weight is 245 g/mol. The summed E-state index contributed by atoms with van der Waals surface area (Å²) in [4.78, 5) is 29.8. The predicted octanol–water partition coefficient (Wildman–Crippen LogP) is 2.06. The van der Waals surface area contributed by atoms with Crippen LogP contribution in [0.2, 0.25) is 0 Å². The maximum atomic E-state index is 11.4. The van der Waals surface area contributed by atoms with Crippen LogP contribution >= 0.6 is 0 Å². The van der Waals surface area contributed by atoms with Gasteiger partial charge in [-0.1, -0.05) is 6.92 Å². The number of fused-ring (bicyclic) bond motifs is 1. The van der Waals surface area contributed by atoms with Crippen molar-refractivity contribution < 1.29 is 9.72 Å². The summed E-state index contributed by atoms with van der Waals surface area (Å²) in [5.41, 5.74) is 1.12. The summed E-state index contributed by atoms with van der Waals surface area (Å²) in [6.07, 6.45) is 1.96. The molecule has 18 heavy (non-hydrogen) atoms. The van der Waals surface area contributed by atoms with Crippen LogP contribution in [0.1, 0.15) is 19.0 Å². The topological polar surface area (TPSA) is 86.0 Å². The molecule has 0 saturated heterocycles. The molecule has 0 aliphatic carbocycles. The van der Waals surface area contributed by atoms with E-state index >= 15 is 0 Å². The maximum absolute atomic E-state index is 11.4. The molecule has 92 valence electrons. The highest BCUT2D eigenvalue weighted by Crippen LogP contribution is 2.21. The minimum absolute atomic E-state index is 0.0255. The highest BCUT2D eigenvalue weighted by Gasteiger charge is 2.12. The lowest BCUT2D eigenvalue weighted by Gasteiger charge is -2.03.